The summed E-state index contributed by atoms with van der Waals surface area (Å²) in [6.45, 7) is 8.92. The van der Waals surface area contributed by atoms with Gasteiger partial charge in [-0.15, -0.1) is 11.6 Å². The zero-order valence-electron chi connectivity index (χ0n) is 12.4. The number of nitrogens with one attached hydrogen (secondary N) is 1. The van der Waals surface area contributed by atoms with E-state index in [4.69, 9.17) is 27.9 Å². The summed E-state index contributed by atoms with van der Waals surface area (Å²) in [4.78, 5) is 0. The van der Waals surface area contributed by atoms with Crippen molar-refractivity contribution < 1.29 is 4.74 Å². The minimum atomic E-state index is 0.142. The van der Waals surface area contributed by atoms with Crippen LogP contribution in [0.4, 0.5) is 0 Å². The summed E-state index contributed by atoms with van der Waals surface area (Å²) in [6, 6.07) is 3.98. The highest BCUT2D eigenvalue weighted by Crippen LogP contribution is 2.32. The lowest BCUT2D eigenvalue weighted by molar-refractivity contribution is 0.350. The van der Waals surface area contributed by atoms with E-state index in [9.17, 15) is 0 Å². The first-order valence-corrected chi connectivity index (χ1v) is 7.95. The second-order valence-corrected chi connectivity index (χ2v) is 7.70. The first kappa shape index (κ1) is 15.9. The Kier molecular flexibility index (Phi) is 5.22. The third-order valence-corrected chi connectivity index (χ3v) is 3.87. The average molecular weight is 316 g/mol. The van der Waals surface area contributed by atoms with Crippen molar-refractivity contribution in [2.45, 2.75) is 45.5 Å². The van der Waals surface area contributed by atoms with Gasteiger partial charge in [0.2, 0.25) is 0 Å². The highest BCUT2D eigenvalue weighted by molar-refractivity contribution is 6.30. The molecule has 0 saturated carbocycles. The molecule has 20 heavy (non-hydrogen) atoms. The fraction of sp³-hybridized carbons (Fsp3) is 0.625. The fourth-order valence-electron chi connectivity index (χ4n) is 2.58. The topological polar surface area (TPSA) is 21.3 Å². The van der Waals surface area contributed by atoms with Crippen LogP contribution in [-0.2, 0) is 13.0 Å². The van der Waals surface area contributed by atoms with Crippen LogP contribution in [0, 0.1) is 5.41 Å². The number of benzene rings is 1. The van der Waals surface area contributed by atoms with Gasteiger partial charge in [0.1, 0.15) is 5.75 Å². The van der Waals surface area contributed by atoms with Gasteiger partial charge in [-0.3, -0.25) is 0 Å². The van der Waals surface area contributed by atoms with Crippen LogP contribution in [0.1, 0.15) is 38.3 Å². The van der Waals surface area contributed by atoms with Crippen molar-refractivity contribution in [3.05, 3.63) is 28.3 Å². The summed E-state index contributed by atoms with van der Waals surface area (Å²) < 4.78 is 5.69. The predicted molar refractivity (Wildman–Crippen MR) is 86.1 cm³/mol. The van der Waals surface area contributed by atoms with Gasteiger partial charge >= 0.3 is 0 Å². The van der Waals surface area contributed by atoms with Gasteiger partial charge in [0, 0.05) is 35.5 Å². The second-order valence-electron chi connectivity index (χ2n) is 6.64. The monoisotopic (exact) mass is 315 g/mol. The molecule has 0 spiro atoms. The molecule has 2 rings (SSSR count). The van der Waals surface area contributed by atoms with Crippen molar-refractivity contribution in [3.8, 4) is 5.75 Å². The van der Waals surface area contributed by atoms with Gasteiger partial charge in [-0.1, -0.05) is 32.4 Å². The molecule has 1 aromatic carbocycles. The Bertz CT molecular complexity index is 468. The SMILES string of the molecule is CC(C)(C)CC(Cl)CNCc1cc(Cl)cc2c1OCC2. The molecule has 0 radical (unpaired) electrons. The minimum Gasteiger partial charge on any atom is -0.493 e. The van der Waals surface area contributed by atoms with Crippen LogP contribution in [0.5, 0.6) is 5.75 Å². The Morgan fingerprint density at radius 3 is 2.80 bits per heavy atom. The normalized spacial score (nSPS) is 15.8. The van der Waals surface area contributed by atoms with Crippen LogP contribution >= 0.6 is 23.2 Å². The van der Waals surface area contributed by atoms with Crippen molar-refractivity contribution in [3.63, 3.8) is 0 Å². The summed E-state index contributed by atoms with van der Waals surface area (Å²) >= 11 is 12.5. The van der Waals surface area contributed by atoms with Crippen LogP contribution in [-0.4, -0.2) is 18.5 Å². The lowest BCUT2D eigenvalue weighted by Gasteiger charge is -2.22. The van der Waals surface area contributed by atoms with E-state index in [1.165, 1.54) is 5.56 Å². The van der Waals surface area contributed by atoms with Gasteiger partial charge in [0.05, 0.1) is 6.61 Å². The van der Waals surface area contributed by atoms with Crippen molar-refractivity contribution in [2.24, 2.45) is 5.41 Å². The minimum absolute atomic E-state index is 0.142. The summed E-state index contributed by atoms with van der Waals surface area (Å²) in [5.41, 5.74) is 2.60. The van der Waals surface area contributed by atoms with Crippen LogP contribution in [0.2, 0.25) is 5.02 Å². The molecule has 1 N–H and O–H groups in total. The number of rotatable bonds is 5. The molecule has 1 unspecified atom stereocenters. The van der Waals surface area contributed by atoms with E-state index in [1.807, 2.05) is 12.1 Å². The molecule has 1 heterocycles. The number of alkyl halides is 1. The number of hydrogen-bond donors (Lipinski definition) is 1. The van der Waals surface area contributed by atoms with Crippen molar-refractivity contribution in [2.75, 3.05) is 13.2 Å². The smallest absolute Gasteiger partial charge is 0.127 e. The summed E-state index contributed by atoms with van der Waals surface area (Å²) in [5.74, 6) is 1.00. The molecule has 0 aromatic heterocycles. The predicted octanol–water partition coefficient (Wildman–Crippen LogP) is 4.41. The van der Waals surface area contributed by atoms with Crippen molar-refractivity contribution >= 4 is 23.2 Å². The third kappa shape index (κ3) is 4.54. The molecule has 4 heteroatoms. The molecule has 0 aliphatic carbocycles. The summed E-state index contributed by atoms with van der Waals surface area (Å²) in [6.07, 6.45) is 1.94. The van der Waals surface area contributed by atoms with Gasteiger partial charge < -0.3 is 10.1 Å². The van der Waals surface area contributed by atoms with Gasteiger partial charge in [0.25, 0.3) is 0 Å². The van der Waals surface area contributed by atoms with E-state index in [0.717, 1.165) is 48.9 Å². The van der Waals surface area contributed by atoms with Crippen molar-refractivity contribution in [1.29, 1.82) is 0 Å². The zero-order valence-corrected chi connectivity index (χ0v) is 13.9. The molecule has 0 amide bonds. The van der Waals surface area contributed by atoms with Crippen LogP contribution in [0.15, 0.2) is 12.1 Å². The maximum atomic E-state index is 6.36. The number of fused-ring (bicyclic) bond motifs is 1. The fourth-order valence-corrected chi connectivity index (χ4v) is 3.41. The molecule has 2 nitrogen and oxygen atoms in total. The van der Waals surface area contributed by atoms with E-state index in [-0.39, 0.29) is 10.8 Å². The third-order valence-electron chi connectivity index (χ3n) is 3.34. The van der Waals surface area contributed by atoms with Crippen LogP contribution in [0.3, 0.4) is 0 Å². The van der Waals surface area contributed by atoms with Gasteiger partial charge in [-0.05, 0) is 29.5 Å². The zero-order chi connectivity index (χ0) is 14.8. The summed E-state index contributed by atoms with van der Waals surface area (Å²) in [7, 11) is 0. The van der Waals surface area contributed by atoms with E-state index in [1.54, 1.807) is 0 Å². The van der Waals surface area contributed by atoms with E-state index < -0.39 is 0 Å². The first-order chi connectivity index (χ1) is 9.35. The molecule has 112 valence electrons. The first-order valence-electron chi connectivity index (χ1n) is 7.14. The highest BCUT2D eigenvalue weighted by atomic mass is 35.5. The van der Waals surface area contributed by atoms with Gasteiger partial charge in [0.15, 0.2) is 0 Å². The van der Waals surface area contributed by atoms with Gasteiger partial charge in [-0.25, -0.2) is 0 Å². The Morgan fingerprint density at radius 2 is 2.10 bits per heavy atom. The Labute approximate surface area is 131 Å². The summed E-state index contributed by atoms with van der Waals surface area (Å²) in [5, 5.41) is 4.33. The molecule has 0 bridgehead atoms. The van der Waals surface area contributed by atoms with Crippen LogP contribution < -0.4 is 10.1 Å². The maximum absolute atomic E-state index is 6.36. The number of ether oxygens (including phenoxy) is 1. The lowest BCUT2D eigenvalue weighted by atomic mass is 9.90. The average Bonchev–Trinajstić information content (AvgIpc) is 2.74. The molecule has 0 fully saturated rings. The largest absolute Gasteiger partial charge is 0.493 e. The van der Waals surface area contributed by atoms with E-state index in [0.29, 0.717) is 0 Å². The molecule has 1 aliphatic heterocycles. The van der Waals surface area contributed by atoms with Crippen LogP contribution in [0.25, 0.3) is 0 Å². The Balaban J connectivity index is 1.89. The molecule has 0 saturated heterocycles. The lowest BCUT2D eigenvalue weighted by Crippen LogP contribution is -2.26. The standard InChI is InChI=1S/C16H23Cl2NO/c1-16(2,3)8-14(18)10-19-9-12-7-13(17)6-11-4-5-20-15(11)12/h6-7,14,19H,4-5,8-10H2,1-3H3. The molecular weight excluding hydrogens is 293 g/mol. The van der Waals surface area contributed by atoms with E-state index in [2.05, 4.69) is 26.1 Å². The van der Waals surface area contributed by atoms with Gasteiger partial charge in [-0.2, -0.15) is 0 Å². The number of hydrogen-bond acceptors (Lipinski definition) is 2. The molecule has 1 aromatic rings. The Morgan fingerprint density at radius 1 is 1.35 bits per heavy atom. The number of halogens is 2. The molecular formula is C16H23Cl2NO. The molecule has 1 aliphatic rings. The maximum Gasteiger partial charge on any atom is 0.127 e. The Hall–Kier alpha value is -0.440. The van der Waals surface area contributed by atoms with Crippen molar-refractivity contribution in [1.82, 2.24) is 5.32 Å². The second kappa shape index (κ2) is 6.55. The van der Waals surface area contributed by atoms with E-state index >= 15 is 0 Å². The molecule has 1 atom stereocenters. The highest BCUT2D eigenvalue weighted by Gasteiger charge is 2.19. The quantitative estimate of drug-likeness (QED) is 0.813.